The number of hydrogen-bond donors (Lipinski definition) is 2. The van der Waals surface area contributed by atoms with Gasteiger partial charge in [0.1, 0.15) is 0 Å². The van der Waals surface area contributed by atoms with Gasteiger partial charge in [-0.2, -0.15) is 0 Å². The second-order valence-corrected chi connectivity index (χ2v) is 6.82. The van der Waals surface area contributed by atoms with Gasteiger partial charge in [0.25, 0.3) is 0 Å². The molecule has 0 unspecified atom stereocenters. The molecule has 2 saturated heterocycles. The van der Waals surface area contributed by atoms with E-state index in [2.05, 4.69) is 45.5 Å². The van der Waals surface area contributed by atoms with Crippen molar-refractivity contribution in [1.82, 2.24) is 9.88 Å². The molecule has 4 heteroatoms. The van der Waals surface area contributed by atoms with E-state index >= 15 is 0 Å². The molecule has 4 rings (SSSR count). The van der Waals surface area contributed by atoms with Crippen molar-refractivity contribution in [1.29, 1.82) is 0 Å². The maximum atomic E-state index is 6.02. The molecular weight excluding hydrogens is 284 g/mol. The van der Waals surface area contributed by atoms with Gasteiger partial charge in [-0.25, -0.2) is 0 Å². The van der Waals surface area contributed by atoms with Crippen molar-refractivity contribution < 1.29 is 0 Å². The van der Waals surface area contributed by atoms with E-state index in [1.807, 2.05) is 6.07 Å². The van der Waals surface area contributed by atoms with Gasteiger partial charge in [-0.3, -0.25) is 9.88 Å². The summed E-state index contributed by atoms with van der Waals surface area (Å²) in [7, 11) is 0. The average Bonchev–Trinajstić information content (AvgIpc) is 2.81. The van der Waals surface area contributed by atoms with Crippen LogP contribution in [0.25, 0.3) is 0 Å². The molecule has 2 bridgehead atoms. The number of benzene rings is 1. The van der Waals surface area contributed by atoms with Crippen LogP contribution in [-0.2, 0) is 6.54 Å². The standard InChI is InChI=1S/C19H24N4/c20-18-12-21-9-8-19(18)22-15-10-16-6-7-17(11-15)23(16)13-14-4-2-1-3-5-14/h1-5,8-9,12,15-17H,6-7,10-11,13,20H2,(H,21,22)/t15-,16+,17-. The molecule has 0 saturated carbocycles. The quantitative estimate of drug-likeness (QED) is 0.910. The Balaban J connectivity index is 1.43. The fourth-order valence-electron chi connectivity index (χ4n) is 4.20. The first-order valence-corrected chi connectivity index (χ1v) is 8.55. The van der Waals surface area contributed by atoms with Crippen LogP contribution in [0.2, 0.25) is 0 Å². The minimum absolute atomic E-state index is 0.518. The zero-order valence-electron chi connectivity index (χ0n) is 13.4. The molecule has 1 aromatic heterocycles. The molecule has 120 valence electrons. The smallest absolute Gasteiger partial charge is 0.0736 e. The van der Waals surface area contributed by atoms with E-state index < -0.39 is 0 Å². The lowest BCUT2D eigenvalue weighted by molar-refractivity contribution is 0.124. The summed E-state index contributed by atoms with van der Waals surface area (Å²) < 4.78 is 0. The summed E-state index contributed by atoms with van der Waals surface area (Å²) in [6.07, 6.45) is 8.57. The Hall–Kier alpha value is -2.07. The monoisotopic (exact) mass is 308 g/mol. The van der Waals surface area contributed by atoms with E-state index in [0.717, 1.165) is 17.9 Å². The number of nitrogens with zero attached hydrogens (tertiary/aromatic N) is 2. The van der Waals surface area contributed by atoms with Gasteiger partial charge < -0.3 is 11.1 Å². The zero-order valence-corrected chi connectivity index (χ0v) is 13.4. The van der Waals surface area contributed by atoms with Gasteiger partial charge >= 0.3 is 0 Å². The minimum Gasteiger partial charge on any atom is -0.396 e. The number of anilines is 2. The predicted octanol–water partition coefficient (Wildman–Crippen LogP) is 3.27. The van der Waals surface area contributed by atoms with Crippen molar-refractivity contribution in [3.05, 3.63) is 54.4 Å². The van der Waals surface area contributed by atoms with E-state index in [4.69, 9.17) is 5.73 Å². The first-order chi connectivity index (χ1) is 11.3. The van der Waals surface area contributed by atoms with Crippen LogP contribution in [0.4, 0.5) is 11.4 Å². The van der Waals surface area contributed by atoms with Crippen molar-refractivity contribution in [2.75, 3.05) is 11.1 Å². The molecule has 3 heterocycles. The van der Waals surface area contributed by atoms with Gasteiger partial charge in [-0.1, -0.05) is 30.3 Å². The van der Waals surface area contributed by atoms with E-state index in [1.54, 1.807) is 12.4 Å². The SMILES string of the molecule is Nc1cnccc1N[C@H]1C[C@H]2CC[C@@H](C1)N2Cc1ccccc1. The van der Waals surface area contributed by atoms with Crippen LogP contribution in [0.15, 0.2) is 48.8 Å². The molecule has 0 amide bonds. The Morgan fingerprint density at radius 3 is 2.52 bits per heavy atom. The summed E-state index contributed by atoms with van der Waals surface area (Å²) >= 11 is 0. The molecule has 0 radical (unpaired) electrons. The second kappa shape index (κ2) is 6.20. The molecule has 2 aliphatic rings. The van der Waals surface area contributed by atoms with Gasteiger partial charge in [0.05, 0.1) is 17.6 Å². The van der Waals surface area contributed by atoms with Gasteiger partial charge in [-0.05, 0) is 37.3 Å². The summed E-state index contributed by atoms with van der Waals surface area (Å²) in [4.78, 5) is 6.78. The summed E-state index contributed by atoms with van der Waals surface area (Å²) in [6.45, 7) is 1.08. The van der Waals surface area contributed by atoms with Gasteiger partial charge in [0.2, 0.25) is 0 Å². The molecule has 3 atom stereocenters. The average molecular weight is 308 g/mol. The number of piperidine rings is 1. The van der Waals surface area contributed by atoms with Crippen LogP contribution in [0.3, 0.4) is 0 Å². The largest absolute Gasteiger partial charge is 0.396 e. The van der Waals surface area contributed by atoms with Gasteiger partial charge in [-0.15, -0.1) is 0 Å². The Labute approximate surface area is 137 Å². The van der Waals surface area contributed by atoms with Crippen molar-refractivity contribution >= 4 is 11.4 Å². The summed E-state index contributed by atoms with van der Waals surface area (Å²) in [5.74, 6) is 0. The van der Waals surface area contributed by atoms with E-state index in [0.29, 0.717) is 18.1 Å². The Kier molecular flexibility index (Phi) is 3.92. The summed E-state index contributed by atoms with van der Waals surface area (Å²) in [6, 6.07) is 14.7. The van der Waals surface area contributed by atoms with Gasteiger partial charge in [0, 0.05) is 30.9 Å². The summed E-state index contributed by atoms with van der Waals surface area (Å²) in [5.41, 5.74) is 9.21. The third-order valence-corrected chi connectivity index (χ3v) is 5.30. The number of nitrogen functional groups attached to an aromatic ring is 1. The number of pyridine rings is 1. The number of nitrogens with two attached hydrogens (primary N) is 1. The lowest BCUT2D eigenvalue weighted by Gasteiger charge is -2.39. The Morgan fingerprint density at radius 2 is 1.83 bits per heavy atom. The van der Waals surface area contributed by atoms with Crippen molar-refractivity contribution in [2.45, 2.75) is 50.4 Å². The number of hydrogen-bond acceptors (Lipinski definition) is 4. The molecule has 1 aromatic carbocycles. The molecule has 0 spiro atoms. The van der Waals surface area contributed by atoms with Crippen LogP contribution in [0, 0.1) is 0 Å². The predicted molar refractivity (Wildman–Crippen MR) is 94.1 cm³/mol. The first kappa shape index (κ1) is 14.5. The highest BCUT2D eigenvalue weighted by Crippen LogP contribution is 2.38. The molecule has 4 nitrogen and oxygen atoms in total. The van der Waals surface area contributed by atoms with Crippen molar-refractivity contribution in [2.24, 2.45) is 0 Å². The number of rotatable bonds is 4. The van der Waals surface area contributed by atoms with E-state index in [1.165, 1.54) is 31.2 Å². The molecule has 2 aliphatic heterocycles. The third kappa shape index (κ3) is 3.04. The number of nitrogens with one attached hydrogen (secondary N) is 1. The number of fused-ring (bicyclic) bond motifs is 2. The molecular formula is C19H24N4. The van der Waals surface area contributed by atoms with Crippen molar-refractivity contribution in [3.63, 3.8) is 0 Å². The molecule has 0 aliphatic carbocycles. The number of aromatic nitrogens is 1. The lowest BCUT2D eigenvalue weighted by atomic mass is 9.96. The van der Waals surface area contributed by atoms with E-state index in [9.17, 15) is 0 Å². The maximum Gasteiger partial charge on any atom is 0.0736 e. The highest BCUT2D eigenvalue weighted by atomic mass is 15.2. The normalized spacial score (nSPS) is 27.0. The summed E-state index contributed by atoms with van der Waals surface area (Å²) in [5, 5.41) is 3.64. The third-order valence-electron chi connectivity index (χ3n) is 5.30. The van der Waals surface area contributed by atoms with Crippen LogP contribution in [0.1, 0.15) is 31.2 Å². The molecule has 23 heavy (non-hydrogen) atoms. The van der Waals surface area contributed by atoms with Crippen LogP contribution >= 0.6 is 0 Å². The highest BCUT2D eigenvalue weighted by Gasteiger charge is 2.40. The van der Waals surface area contributed by atoms with E-state index in [-0.39, 0.29) is 0 Å². The second-order valence-electron chi connectivity index (χ2n) is 6.82. The molecule has 2 fully saturated rings. The minimum atomic E-state index is 0.518. The van der Waals surface area contributed by atoms with Crippen LogP contribution in [0.5, 0.6) is 0 Å². The Morgan fingerprint density at radius 1 is 1.09 bits per heavy atom. The fraction of sp³-hybridized carbons (Fsp3) is 0.421. The fourth-order valence-corrected chi connectivity index (χ4v) is 4.20. The Bertz CT molecular complexity index is 643. The maximum absolute atomic E-state index is 6.02. The topological polar surface area (TPSA) is 54.2 Å². The van der Waals surface area contributed by atoms with Crippen LogP contribution in [-0.4, -0.2) is 28.0 Å². The van der Waals surface area contributed by atoms with Gasteiger partial charge in [0.15, 0.2) is 0 Å². The zero-order chi connectivity index (χ0) is 15.6. The van der Waals surface area contributed by atoms with Crippen LogP contribution < -0.4 is 11.1 Å². The highest BCUT2D eigenvalue weighted by molar-refractivity contribution is 5.64. The van der Waals surface area contributed by atoms with Crippen molar-refractivity contribution in [3.8, 4) is 0 Å². The first-order valence-electron chi connectivity index (χ1n) is 8.55. The molecule has 2 aromatic rings. The lowest BCUT2D eigenvalue weighted by Crippen LogP contribution is -2.46. The molecule has 3 N–H and O–H groups in total.